The largest absolute Gasteiger partial charge is 0.488 e. The van der Waals surface area contributed by atoms with Gasteiger partial charge in [0.25, 0.3) is 5.91 Å². The highest BCUT2D eigenvalue weighted by Crippen LogP contribution is 2.26. The number of hydrogen-bond acceptors (Lipinski definition) is 4. The summed E-state index contributed by atoms with van der Waals surface area (Å²) < 4.78 is 11.6. The Bertz CT molecular complexity index is 1040. The van der Waals surface area contributed by atoms with Crippen LogP contribution in [0.1, 0.15) is 29.2 Å². The van der Waals surface area contributed by atoms with Crippen LogP contribution in [-0.2, 0) is 11.4 Å². The standard InChI is InChI=1S/C25H25ClN2O3/c1-17-13-22(14-18(2)24(17)26)31-19(3)25(29)28-27-15-21-11-7-8-12-23(21)30-16-20-9-5-4-6-10-20/h4-15,19H,16H2,1-3H3,(H,28,29)/b27-15+. The monoisotopic (exact) mass is 436 g/mol. The van der Waals surface area contributed by atoms with Gasteiger partial charge in [-0.1, -0.05) is 54.1 Å². The first kappa shape index (κ1) is 22.4. The molecular weight excluding hydrogens is 412 g/mol. The maximum Gasteiger partial charge on any atom is 0.280 e. The average molecular weight is 437 g/mol. The summed E-state index contributed by atoms with van der Waals surface area (Å²) in [5.74, 6) is 0.913. The highest BCUT2D eigenvalue weighted by molar-refractivity contribution is 6.32. The molecule has 1 unspecified atom stereocenters. The number of nitrogens with one attached hydrogen (secondary N) is 1. The molecule has 0 radical (unpaired) electrons. The van der Waals surface area contributed by atoms with Gasteiger partial charge >= 0.3 is 0 Å². The maximum absolute atomic E-state index is 12.4. The summed E-state index contributed by atoms with van der Waals surface area (Å²) in [5.41, 5.74) is 6.14. The zero-order valence-electron chi connectivity index (χ0n) is 17.8. The summed E-state index contributed by atoms with van der Waals surface area (Å²) >= 11 is 6.18. The fourth-order valence-corrected chi connectivity index (χ4v) is 3.05. The van der Waals surface area contributed by atoms with Gasteiger partial charge in [-0.25, -0.2) is 5.43 Å². The van der Waals surface area contributed by atoms with Gasteiger partial charge in [-0.05, 0) is 61.7 Å². The first-order valence-electron chi connectivity index (χ1n) is 9.96. The third kappa shape index (κ3) is 6.33. The van der Waals surface area contributed by atoms with Crippen molar-refractivity contribution in [3.63, 3.8) is 0 Å². The lowest BCUT2D eigenvalue weighted by atomic mass is 10.1. The van der Waals surface area contributed by atoms with E-state index in [0.717, 1.165) is 22.3 Å². The molecule has 3 rings (SSSR count). The van der Waals surface area contributed by atoms with Crippen molar-refractivity contribution in [3.8, 4) is 11.5 Å². The van der Waals surface area contributed by atoms with E-state index in [1.54, 1.807) is 13.1 Å². The molecule has 0 aromatic heterocycles. The van der Waals surface area contributed by atoms with E-state index in [9.17, 15) is 4.79 Å². The summed E-state index contributed by atoms with van der Waals surface area (Å²) in [6.45, 7) is 5.91. The molecule has 1 N–H and O–H groups in total. The van der Waals surface area contributed by atoms with Crippen LogP contribution in [0.3, 0.4) is 0 Å². The summed E-state index contributed by atoms with van der Waals surface area (Å²) in [5, 5.41) is 4.76. The van der Waals surface area contributed by atoms with Gasteiger partial charge in [0, 0.05) is 10.6 Å². The smallest absolute Gasteiger partial charge is 0.280 e. The number of hydrazone groups is 1. The number of hydrogen-bond donors (Lipinski definition) is 1. The van der Waals surface area contributed by atoms with E-state index in [0.29, 0.717) is 23.1 Å². The van der Waals surface area contributed by atoms with Crippen molar-refractivity contribution in [2.45, 2.75) is 33.5 Å². The van der Waals surface area contributed by atoms with Crippen molar-refractivity contribution in [3.05, 3.63) is 94.0 Å². The molecule has 0 saturated heterocycles. The number of carbonyl (C=O) groups is 1. The molecule has 1 amide bonds. The van der Waals surface area contributed by atoms with Gasteiger partial charge in [-0.2, -0.15) is 5.10 Å². The van der Waals surface area contributed by atoms with Crippen LogP contribution in [-0.4, -0.2) is 18.2 Å². The summed E-state index contributed by atoms with van der Waals surface area (Å²) in [6.07, 6.45) is 0.836. The molecule has 0 spiro atoms. The number of rotatable bonds is 8. The fraction of sp³-hybridized carbons (Fsp3) is 0.200. The Kier molecular flexibility index (Phi) is 7.68. The number of aryl methyl sites for hydroxylation is 2. The van der Waals surface area contributed by atoms with Gasteiger partial charge in [0.05, 0.1) is 6.21 Å². The van der Waals surface area contributed by atoms with Gasteiger partial charge in [0.15, 0.2) is 6.10 Å². The van der Waals surface area contributed by atoms with E-state index in [-0.39, 0.29) is 5.91 Å². The predicted molar refractivity (Wildman–Crippen MR) is 124 cm³/mol. The van der Waals surface area contributed by atoms with Crippen LogP contribution in [0.4, 0.5) is 0 Å². The van der Waals surface area contributed by atoms with Gasteiger partial charge in [0.1, 0.15) is 18.1 Å². The summed E-state index contributed by atoms with van der Waals surface area (Å²) in [6, 6.07) is 21.0. The molecule has 5 nitrogen and oxygen atoms in total. The number of ether oxygens (including phenoxy) is 2. The summed E-state index contributed by atoms with van der Waals surface area (Å²) in [7, 11) is 0. The lowest BCUT2D eigenvalue weighted by Gasteiger charge is -2.15. The molecular formula is C25H25ClN2O3. The quantitative estimate of drug-likeness (QED) is 0.377. The number of para-hydroxylation sites is 1. The van der Waals surface area contributed by atoms with Crippen LogP contribution in [0.15, 0.2) is 71.8 Å². The van der Waals surface area contributed by atoms with Crippen LogP contribution in [0, 0.1) is 13.8 Å². The number of benzene rings is 3. The van der Waals surface area contributed by atoms with Gasteiger partial charge in [-0.3, -0.25) is 4.79 Å². The first-order chi connectivity index (χ1) is 14.9. The number of carbonyl (C=O) groups excluding carboxylic acids is 1. The fourth-order valence-electron chi connectivity index (χ4n) is 2.94. The Labute approximate surface area is 187 Å². The molecule has 0 aliphatic rings. The van der Waals surface area contributed by atoms with Crippen molar-refractivity contribution in [2.75, 3.05) is 0 Å². The molecule has 0 heterocycles. The van der Waals surface area contributed by atoms with Crippen molar-refractivity contribution in [1.29, 1.82) is 0 Å². The molecule has 0 saturated carbocycles. The lowest BCUT2D eigenvalue weighted by molar-refractivity contribution is -0.127. The van der Waals surface area contributed by atoms with Crippen LogP contribution in [0.5, 0.6) is 11.5 Å². The second-order valence-corrected chi connectivity index (χ2v) is 7.56. The zero-order valence-corrected chi connectivity index (χ0v) is 18.5. The topological polar surface area (TPSA) is 59.9 Å². The SMILES string of the molecule is Cc1cc(OC(C)C(=O)N/N=C/c2ccccc2OCc2ccccc2)cc(C)c1Cl. The molecule has 3 aromatic carbocycles. The molecule has 0 aliphatic carbocycles. The molecule has 0 fully saturated rings. The van der Waals surface area contributed by atoms with Gasteiger partial charge in [0.2, 0.25) is 0 Å². The second-order valence-electron chi connectivity index (χ2n) is 7.18. The van der Waals surface area contributed by atoms with E-state index in [1.807, 2.05) is 80.6 Å². The Balaban J connectivity index is 1.58. The summed E-state index contributed by atoms with van der Waals surface area (Å²) in [4.78, 5) is 12.4. The third-order valence-electron chi connectivity index (χ3n) is 4.63. The zero-order chi connectivity index (χ0) is 22.2. The Morgan fingerprint density at radius 2 is 1.71 bits per heavy atom. The molecule has 31 heavy (non-hydrogen) atoms. The second kappa shape index (κ2) is 10.6. The highest BCUT2D eigenvalue weighted by Gasteiger charge is 2.15. The highest BCUT2D eigenvalue weighted by atomic mass is 35.5. The van der Waals surface area contributed by atoms with Crippen molar-refractivity contribution in [1.82, 2.24) is 5.43 Å². The Morgan fingerprint density at radius 3 is 2.42 bits per heavy atom. The van der Waals surface area contributed by atoms with E-state index in [2.05, 4.69) is 10.5 Å². The van der Waals surface area contributed by atoms with Crippen molar-refractivity contribution < 1.29 is 14.3 Å². The molecule has 0 aliphatic heterocycles. The van der Waals surface area contributed by atoms with Gasteiger partial charge in [-0.15, -0.1) is 0 Å². The van der Waals surface area contributed by atoms with Crippen LogP contribution in [0.2, 0.25) is 5.02 Å². The molecule has 3 aromatic rings. The molecule has 160 valence electrons. The minimum absolute atomic E-state index is 0.357. The molecule has 0 bridgehead atoms. The Morgan fingerprint density at radius 1 is 1.06 bits per heavy atom. The predicted octanol–water partition coefficient (Wildman–Crippen LogP) is 5.45. The average Bonchev–Trinajstić information content (AvgIpc) is 2.77. The van der Waals surface area contributed by atoms with E-state index in [1.165, 1.54) is 0 Å². The lowest BCUT2D eigenvalue weighted by Crippen LogP contribution is -2.33. The van der Waals surface area contributed by atoms with E-state index < -0.39 is 6.10 Å². The van der Waals surface area contributed by atoms with Crippen LogP contribution in [0.25, 0.3) is 0 Å². The molecule has 1 atom stereocenters. The van der Waals surface area contributed by atoms with Crippen molar-refractivity contribution >= 4 is 23.7 Å². The van der Waals surface area contributed by atoms with Gasteiger partial charge < -0.3 is 9.47 Å². The van der Waals surface area contributed by atoms with E-state index in [4.69, 9.17) is 21.1 Å². The van der Waals surface area contributed by atoms with Crippen LogP contribution >= 0.6 is 11.6 Å². The first-order valence-corrected chi connectivity index (χ1v) is 10.3. The Hall–Kier alpha value is -3.31. The third-order valence-corrected chi connectivity index (χ3v) is 5.22. The number of amides is 1. The van der Waals surface area contributed by atoms with Crippen molar-refractivity contribution in [2.24, 2.45) is 5.10 Å². The number of halogens is 1. The number of nitrogens with zero attached hydrogens (tertiary/aromatic N) is 1. The maximum atomic E-state index is 12.4. The van der Waals surface area contributed by atoms with Crippen LogP contribution < -0.4 is 14.9 Å². The minimum Gasteiger partial charge on any atom is -0.488 e. The van der Waals surface area contributed by atoms with E-state index >= 15 is 0 Å². The molecule has 6 heteroatoms. The normalized spacial score (nSPS) is 11.9. The minimum atomic E-state index is -0.721.